The summed E-state index contributed by atoms with van der Waals surface area (Å²) in [7, 11) is 1.87. The van der Waals surface area contributed by atoms with Gasteiger partial charge in [0.25, 0.3) is 0 Å². The van der Waals surface area contributed by atoms with Crippen LogP contribution in [0, 0.1) is 11.8 Å². The molecule has 4 nitrogen and oxygen atoms in total. The van der Waals surface area contributed by atoms with E-state index in [9.17, 15) is 4.79 Å². The highest BCUT2D eigenvalue weighted by molar-refractivity contribution is 5.92. The Hall–Kier alpha value is -2.17. The second-order valence-electron chi connectivity index (χ2n) is 8.63. The first-order valence-corrected chi connectivity index (χ1v) is 11.0. The van der Waals surface area contributed by atoms with E-state index >= 15 is 0 Å². The number of carbonyl (C=O) groups is 1. The average Bonchev–Trinajstić information content (AvgIpc) is 3.17. The van der Waals surface area contributed by atoms with Gasteiger partial charge in [-0.25, -0.2) is 0 Å². The molecule has 154 valence electrons. The van der Waals surface area contributed by atoms with Crippen LogP contribution >= 0.6 is 0 Å². The van der Waals surface area contributed by atoms with Gasteiger partial charge in [-0.05, 0) is 42.4 Å². The molecule has 1 aliphatic heterocycles. The van der Waals surface area contributed by atoms with Gasteiger partial charge in [-0.15, -0.1) is 0 Å². The van der Waals surface area contributed by atoms with E-state index in [-0.39, 0.29) is 5.91 Å². The fourth-order valence-corrected chi connectivity index (χ4v) is 5.12. The lowest BCUT2D eigenvalue weighted by Crippen LogP contribution is -2.44. The predicted octanol–water partition coefficient (Wildman–Crippen LogP) is 3.93. The number of amides is 1. The zero-order chi connectivity index (χ0) is 20.1. The van der Waals surface area contributed by atoms with Crippen molar-refractivity contribution in [3.63, 3.8) is 0 Å². The van der Waals surface area contributed by atoms with Gasteiger partial charge < -0.3 is 10.2 Å². The molecule has 0 spiro atoms. The van der Waals surface area contributed by atoms with E-state index in [0.29, 0.717) is 12.5 Å². The van der Waals surface area contributed by atoms with E-state index in [0.717, 1.165) is 30.6 Å². The number of hydrogen-bond donors (Lipinski definition) is 1. The molecular formula is C25H33N3O. The van der Waals surface area contributed by atoms with Crippen molar-refractivity contribution in [1.82, 2.24) is 10.2 Å². The average molecular weight is 392 g/mol. The maximum absolute atomic E-state index is 12.5. The molecule has 1 amide bonds. The first-order chi connectivity index (χ1) is 14.2. The van der Waals surface area contributed by atoms with Gasteiger partial charge in [0, 0.05) is 51.4 Å². The number of nitrogens with zero attached hydrogens (tertiary/aromatic N) is 2. The van der Waals surface area contributed by atoms with Crippen molar-refractivity contribution in [2.24, 2.45) is 11.8 Å². The second-order valence-corrected chi connectivity index (χ2v) is 8.63. The number of benzene rings is 2. The van der Waals surface area contributed by atoms with Crippen LogP contribution in [-0.2, 0) is 11.3 Å². The Morgan fingerprint density at radius 1 is 1.03 bits per heavy atom. The second kappa shape index (κ2) is 9.55. The molecule has 1 aliphatic carbocycles. The molecule has 2 aromatic carbocycles. The molecule has 0 aromatic heterocycles. The van der Waals surface area contributed by atoms with Gasteiger partial charge in [0.05, 0.1) is 0 Å². The maximum Gasteiger partial charge on any atom is 0.227 e. The summed E-state index contributed by atoms with van der Waals surface area (Å²) in [5.41, 5.74) is 2.37. The Kier molecular flexibility index (Phi) is 6.63. The third kappa shape index (κ3) is 5.06. The number of nitrogens with one attached hydrogen (secondary N) is 1. The molecule has 1 saturated carbocycles. The van der Waals surface area contributed by atoms with Crippen LogP contribution in [0.4, 0.5) is 5.69 Å². The number of anilines is 1. The minimum atomic E-state index is 0.174. The van der Waals surface area contributed by atoms with Crippen LogP contribution in [0.3, 0.4) is 0 Å². The van der Waals surface area contributed by atoms with Crippen molar-refractivity contribution >= 4 is 11.6 Å². The van der Waals surface area contributed by atoms with Crippen LogP contribution in [0.15, 0.2) is 60.7 Å². The number of fused-ring (bicyclic) bond motifs is 1. The first-order valence-electron chi connectivity index (χ1n) is 11.0. The molecule has 1 saturated heterocycles. The summed E-state index contributed by atoms with van der Waals surface area (Å²) in [6.07, 6.45) is 4.44. The van der Waals surface area contributed by atoms with E-state index in [1.807, 2.05) is 37.4 Å². The number of likely N-dealkylation sites (tertiary alicyclic amines) is 1. The van der Waals surface area contributed by atoms with E-state index in [2.05, 4.69) is 40.5 Å². The standard InChI is InChI=1S/C25H33N3O/c1-27(22-12-6-3-7-13-22)25(29)15-16-26-24-14-8-11-21-18-28(19-23(21)24)17-20-9-4-2-5-10-20/h2-7,9-10,12-13,21,23-24,26H,8,11,14-19H2,1H3. The Bertz CT molecular complexity index is 779. The Morgan fingerprint density at radius 2 is 1.76 bits per heavy atom. The van der Waals surface area contributed by atoms with Crippen molar-refractivity contribution in [2.45, 2.75) is 38.3 Å². The van der Waals surface area contributed by atoms with Crippen molar-refractivity contribution in [3.8, 4) is 0 Å². The molecule has 2 fully saturated rings. The Labute approximate surface area is 174 Å². The molecule has 2 aliphatic rings. The lowest BCUT2D eigenvalue weighted by molar-refractivity contribution is -0.118. The Morgan fingerprint density at radius 3 is 2.52 bits per heavy atom. The van der Waals surface area contributed by atoms with Crippen LogP contribution < -0.4 is 10.2 Å². The van der Waals surface area contributed by atoms with Gasteiger partial charge >= 0.3 is 0 Å². The molecule has 3 unspecified atom stereocenters. The molecule has 0 radical (unpaired) electrons. The quantitative estimate of drug-likeness (QED) is 0.777. The summed E-state index contributed by atoms with van der Waals surface area (Å²) in [6, 6.07) is 21.2. The van der Waals surface area contributed by atoms with Crippen LogP contribution in [0.2, 0.25) is 0 Å². The fourth-order valence-electron chi connectivity index (χ4n) is 5.12. The van der Waals surface area contributed by atoms with Gasteiger partial charge in [0.2, 0.25) is 5.91 Å². The molecule has 4 heteroatoms. The summed E-state index contributed by atoms with van der Waals surface area (Å²) in [6.45, 7) is 4.21. The summed E-state index contributed by atoms with van der Waals surface area (Å²) in [4.78, 5) is 16.9. The summed E-state index contributed by atoms with van der Waals surface area (Å²) >= 11 is 0. The normalized spacial score (nSPS) is 24.2. The zero-order valence-corrected chi connectivity index (χ0v) is 17.5. The maximum atomic E-state index is 12.5. The van der Waals surface area contributed by atoms with Crippen LogP contribution in [0.25, 0.3) is 0 Å². The van der Waals surface area contributed by atoms with Gasteiger partial charge in [-0.2, -0.15) is 0 Å². The highest BCUT2D eigenvalue weighted by atomic mass is 16.2. The minimum Gasteiger partial charge on any atom is -0.315 e. The number of hydrogen-bond acceptors (Lipinski definition) is 3. The van der Waals surface area contributed by atoms with E-state index in [1.54, 1.807) is 4.90 Å². The van der Waals surface area contributed by atoms with Gasteiger partial charge in [0.15, 0.2) is 0 Å². The predicted molar refractivity (Wildman–Crippen MR) is 119 cm³/mol. The first kappa shape index (κ1) is 20.1. The summed E-state index contributed by atoms with van der Waals surface area (Å²) in [5.74, 6) is 1.69. The number of carbonyl (C=O) groups excluding carboxylic acids is 1. The SMILES string of the molecule is CN(C(=O)CCNC1CCCC2CN(Cc3ccccc3)CC21)c1ccccc1. The monoisotopic (exact) mass is 391 g/mol. The lowest BCUT2D eigenvalue weighted by Gasteiger charge is -2.34. The minimum absolute atomic E-state index is 0.174. The van der Waals surface area contributed by atoms with Gasteiger partial charge in [-0.1, -0.05) is 55.0 Å². The Balaban J connectivity index is 1.26. The smallest absolute Gasteiger partial charge is 0.227 e. The highest BCUT2D eigenvalue weighted by Crippen LogP contribution is 2.37. The summed E-state index contributed by atoms with van der Waals surface area (Å²) < 4.78 is 0. The number of para-hydroxylation sites is 1. The molecule has 2 aromatic rings. The van der Waals surface area contributed by atoms with Crippen LogP contribution in [0.5, 0.6) is 0 Å². The molecule has 29 heavy (non-hydrogen) atoms. The van der Waals surface area contributed by atoms with E-state index < -0.39 is 0 Å². The van der Waals surface area contributed by atoms with Gasteiger partial charge in [-0.3, -0.25) is 9.69 Å². The van der Waals surface area contributed by atoms with Gasteiger partial charge in [0.1, 0.15) is 0 Å². The van der Waals surface area contributed by atoms with Crippen molar-refractivity contribution in [2.75, 3.05) is 31.6 Å². The fraction of sp³-hybridized carbons (Fsp3) is 0.480. The molecule has 1 N–H and O–H groups in total. The zero-order valence-electron chi connectivity index (χ0n) is 17.5. The molecule has 1 heterocycles. The summed E-state index contributed by atoms with van der Waals surface area (Å²) in [5, 5.41) is 3.74. The third-order valence-electron chi connectivity index (χ3n) is 6.69. The highest BCUT2D eigenvalue weighted by Gasteiger charge is 2.39. The molecule has 0 bridgehead atoms. The number of rotatable bonds is 7. The van der Waals surface area contributed by atoms with Crippen molar-refractivity contribution in [1.29, 1.82) is 0 Å². The molecule has 3 atom stereocenters. The van der Waals surface area contributed by atoms with Crippen LogP contribution in [-0.4, -0.2) is 43.5 Å². The third-order valence-corrected chi connectivity index (χ3v) is 6.69. The van der Waals surface area contributed by atoms with Crippen LogP contribution in [0.1, 0.15) is 31.2 Å². The van der Waals surface area contributed by atoms with Crippen molar-refractivity contribution < 1.29 is 4.79 Å². The topological polar surface area (TPSA) is 35.6 Å². The molecular weight excluding hydrogens is 358 g/mol. The molecule has 4 rings (SSSR count). The van der Waals surface area contributed by atoms with Crippen molar-refractivity contribution in [3.05, 3.63) is 66.2 Å². The lowest BCUT2D eigenvalue weighted by atomic mass is 9.78. The van der Waals surface area contributed by atoms with E-state index in [1.165, 1.54) is 37.9 Å². The largest absolute Gasteiger partial charge is 0.315 e. The van der Waals surface area contributed by atoms with E-state index in [4.69, 9.17) is 0 Å².